The maximum Gasteiger partial charge on any atom is 0.239 e. The van der Waals surface area contributed by atoms with Crippen LogP contribution in [0.25, 0.3) is 0 Å². The van der Waals surface area contributed by atoms with Gasteiger partial charge in [-0.2, -0.15) is 0 Å². The van der Waals surface area contributed by atoms with Crippen molar-refractivity contribution in [2.24, 2.45) is 11.8 Å². The molecule has 0 radical (unpaired) electrons. The first-order valence-corrected chi connectivity index (χ1v) is 5.30. The normalized spacial score (nSPS) is 13.4. The fourth-order valence-electron chi connectivity index (χ4n) is 1.25. The molecule has 0 aromatic carbocycles. The van der Waals surface area contributed by atoms with E-state index in [1.54, 1.807) is 19.0 Å². The van der Waals surface area contributed by atoms with E-state index in [1.165, 1.54) is 0 Å². The van der Waals surface area contributed by atoms with E-state index in [0.29, 0.717) is 11.8 Å². The summed E-state index contributed by atoms with van der Waals surface area (Å²) >= 11 is 0. The average Bonchev–Trinajstić information content (AvgIpc) is 2.02. The van der Waals surface area contributed by atoms with Crippen LogP contribution in [0.5, 0.6) is 0 Å². The lowest BCUT2D eigenvalue weighted by Gasteiger charge is -2.25. The summed E-state index contributed by atoms with van der Waals surface area (Å²) in [5.41, 5.74) is 0. The summed E-state index contributed by atoms with van der Waals surface area (Å²) in [5.74, 6) is 1.08. The molecule has 0 bridgehead atoms. The van der Waals surface area contributed by atoms with Gasteiger partial charge in [-0.3, -0.25) is 4.79 Å². The molecule has 0 aromatic rings. The highest BCUT2D eigenvalue weighted by Crippen LogP contribution is 2.05. The van der Waals surface area contributed by atoms with Gasteiger partial charge in [-0.25, -0.2) is 0 Å². The standard InChI is InChI=1S/C11H24N2O/c1-8(2)7-12-10(9(3)4)11(14)13(5)6/h8-10,12H,7H2,1-6H3. The Morgan fingerprint density at radius 3 is 2.00 bits per heavy atom. The van der Waals surface area contributed by atoms with Crippen molar-refractivity contribution >= 4 is 5.91 Å². The summed E-state index contributed by atoms with van der Waals surface area (Å²) in [6.07, 6.45) is 0. The molecule has 0 aromatic heterocycles. The molecule has 0 aliphatic heterocycles. The van der Waals surface area contributed by atoms with Gasteiger partial charge in [-0.1, -0.05) is 27.7 Å². The van der Waals surface area contributed by atoms with Gasteiger partial charge in [0.1, 0.15) is 0 Å². The second-order valence-corrected chi connectivity index (χ2v) is 4.76. The van der Waals surface area contributed by atoms with Crippen molar-refractivity contribution in [1.29, 1.82) is 0 Å². The van der Waals surface area contributed by atoms with Gasteiger partial charge in [0.2, 0.25) is 5.91 Å². The Balaban J connectivity index is 4.23. The molecule has 84 valence electrons. The van der Waals surface area contributed by atoms with E-state index in [-0.39, 0.29) is 11.9 Å². The van der Waals surface area contributed by atoms with Gasteiger partial charge in [-0.05, 0) is 18.4 Å². The van der Waals surface area contributed by atoms with Crippen LogP contribution in [0.2, 0.25) is 0 Å². The topological polar surface area (TPSA) is 32.3 Å². The third-order valence-electron chi connectivity index (χ3n) is 2.12. The minimum atomic E-state index is -0.0487. The van der Waals surface area contributed by atoms with Gasteiger partial charge < -0.3 is 10.2 Å². The molecule has 1 unspecified atom stereocenters. The SMILES string of the molecule is CC(C)CNC(C(=O)N(C)C)C(C)C. The van der Waals surface area contributed by atoms with Crippen molar-refractivity contribution in [3.05, 3.63) is 0 Å². The van der Waals surface area contributed by atoms with Crippen LogP contribution < -0.4 is 5.32 Å². The zero-order valence-electron chi connectivity index (χ0n) is 10.3. The highest BCUT2D eigenvalue weighted by atomic mass is 16.2. The lowest BCUT2D eigenvalue weighted by atomic mass is 10.0. The van der Waals surface area contributed by atoms with Crippen molar-refractivity contribution in [3.8, 4) is 0 Å². The summed E-state index contributed by atoms with van der Waals surface area (Å²) in [5, 5.41) is 3.31. The van der Waals surface area contributed by atoms with Crippen LogP contribution in [-0.4, -0.2) is 37.5 Å². The molecule has 3 heteroatoms. The maximum absolute atomic E-state index is 11.8. The smallest absolute Gasteiger partial charge is 0.239 e. The third-order valence-corrected chi connectivity index (χ3v) is 2.12. The highest BCUT2D eigenvalue weighted by Gasteiger charge is 2.22. The zero-order chi connectivity index (χ0) is 11.3. The molecule has 0 saturated carbocycles. The van der Waals surface area contributed by atoms with Crippen LogP contribution in [0.15, 0.2) is 0 Å². The van der Waals surface area contributed by atoms with E-state index < -0.39 is 0 Å². The Morgan fingerprint density at radius 1 is 1.21 bits per heavy atom. The zero-order valence-corrected chi connectivity index (χ0v) is 10.3. The van der Waals surface area contributed by atoms with Gasteiger partial charge in [0, 0.05) is 14.1 Å². The van der Waals surface area contributed by atoms with Gasteiger partial charge in [-0.15, -0.1) is 0 Å². The molecule has 0 spiro atoms. The Hall–Kier alpha value is -0.570. The predicted octanol–water partition coefficient (Wildman–Crippen LogP) is 1.34. The van der Waals surface area contributed by atoms with Crippen LogP contribution in [0.3, 0.4) is 0 Å². The number of carbonyl (C=O) groups excluding carboxylic acids is 1. The molecule has 0 fully saturated rings. The minimum absolute atomic E-state index is 0.0487. The number of hydrogen-bond donors (Lipinski definition) is 1. The second-order valence-electron chi connectivity index (χ2n) is 4.76. The molecule has 0 rings (SSSR count). The molecule has 3 nitrogen and oxygen atoms in total. The van der Waals surface area contributed by atoms with Crippen molar-refractivity contribution in [2.45, 2.75) is 33.7 Å². The molecule has 0 heterocycles. The van der Waals surface area contributed by atoms with Crippen molar-refractivity contribution in [2.75, 3.05) is 20.6 Å². The van der Waals surface area contributed by atoms with Crippen molar-refractivity contribution in [3.63, 3.8) is 0 Å². The Labute approximate surface area is 87.9 Å². The second kappa shape index (κ2) is 6.02. The summed E-state index contributed by atoms with van der Waals surface area (Å²) in [4.78, 5) is 13.4. The van der Waals surface area contributed by atoms with Crippen LogP contribution in [-0.2, 0) is 4.79 Å². The maximum atomic E-state index is 11.8. The summed E-state index contributed by atoms with van der Waals surface area (Å²) in [6.45, 7) is 9.32. The fourth-order valence-corrected chi connectivity index (χ4v) is 1.25. The Kier molecular flexibility index (Phi) is 5.77. The molecular formula is C11H24N2O. The number of nitrogens with one attached hydrogen (secondary N) is 1. The van der Waals surface area contributed by atoms with Gasteiger partial charge in [0.15, 0.2) is 0 Å². The minimum Gasteiger partial charge on any atom is -0.347 e. The van der Waals surface area contributed by atoms with Crippen LogP contribution in [0, 0.1) is 11.8 Å². The van der Waals surface area contributed by atoms with E-state index in [9.17, 15) is 4.79 Å². The average molecular weight is 200 g/mol. The summed E-state index contributed by atoms with van der Waals surface area (Å²) in [7, 11) is 3.60. The highest BCUT2D eigenvalue weighted by molar-refractivity contribution is 5.81. The first-order chi connectivity index (χ1) is 6.36. The lowest BCUT2D eigenvalue weighted by molar-refractivity contribution is -0.132. The molecule has 0 aliphatic carbocycles. The molecular weight excluding hydrogens is 176 g/mol. The molecule has 0 aliphatic rings. The lowest BCUT2D eigenvalue weighted by Crippen LogP contribution is -2.47. The number of rotatable bonds is 5. The number of carbonyl (C=O) groups is 1. The number of nitrogens with zero attached hydrogens (tertiary/aromatic N) is 1. The van der Waals surface area contributed by atoms with Crippen molar-refractivity contribution in [1.82, 2.24) is 10.2 Å². The molecule has 1 amide bonds. The molecule has 14 heavy (non-hydrogen) atoms. The Morgan fingerprint density at radius 2 is 1.71 bits per heavy atom. The first kappa shape index (κ1) is 13.4. The number of hydrogen-bond acceptors (Lipinski definition) is 2. The fraction of sp³-hybridized carbons (Fsp3) is 0.909. The molecule has 1 atom stereocenters. The summed E-state index contributed by atoms with van der Waals surface area (Å²) < 4.78 is 0. The van der Waals surface area contributed by atoms with E-state index in [4.69, 9.17) is 0 Å². The predicted molar refractivity (Wildman–Crippen MR) is 60.2 cm³/mol. The third kappa shape index (κ3) is 4.61. The van der Waals surface area contributed by atoms with Crippen LogP contribution in [0.1, 0.15) is 27.7 Å². The van der Waals surface area contributed by atoms with E-state index in [1.807, 2.05) is 0 Å². The van der Waals surface area contributed by atoms with E-state index >= 15 is 0 Å². The van der Waals surface area contributed by atoms with E-state index in [2.05, 4.69) is 33.0 Å². The number of likely N-dealkylation sites (N-methyl/N-ethyl adjacent to an activating group) is 1. The van der Waals surface area contributed by atoms with Gasteiger partial charge in [0.05, 0.1) is 6.04 Å². The molecule has 0 saturated heterocycles. The van der Waals surface area contributed by atoms with Crippen LogP contribution in [0.4, 0.5) is 0 Å². The van der Waals surface area contributed by atoms with Crippen LogP contribution >= 0.6 is 0 Å². The first-order valence-electron chi connectivity index (χ1n) is 5.30. The molecule has 1 N–H and O–H groups in total. The van der Waals surface area contributed by atoms with Gasteiger partial charge in [0.25, 0.3) is 0 Å². The largest absolute Gasteiger partial charge is 0.347 e. The Bertz CT molecular complexity index is 176. The van der Waals surface area contributed by atoms with Crippen molar-refractivity contribution < 1.29 is 4.79 Å². The van der Waals surface area contributed by atoms with Gasteiger partial charge >= 0.3 is 0 Å². The van der Waals surface area contributed by atoms with E-state index in [0.717, 1.165) is 6.54 Å². The monoisotopic (exact) mass is 200 g/mol. The summed E-state index contributed by atoms with van der Waals surface area (Å²) in [6, 6.07) is -0.0487. The quantitative estimate of drug-likeness (QED) is 0.726. The number of amides is 1.